The van der Waals surface area contributed by atoms with Crippen LogP contribution in [0.15, 0.2) is 40.9 Å². The summed E-state index contributed by atoms with van der Waals surface area (Å²) in [6, 6.07) is 11.4. The van der Waals surface area contributed by atoms with Crippen LogP contribution in [0, 0.1) is 0 Å². The van der Waals surface area contributed by atoms with Gasteiger partial charge in [-0.05, 0) is 12.5 Å². The zero-order chi connectivity index (χ0) is 13.8. The molecule has 1 aromatic carbocycles. The van der Waals surface area contributed by atoms with Crippen molar-refractivity contribution in [3.8, 4) is 0 Å². The van der Waals surface area contributed by atoms with Crippen LogP contribution in [0.3, 0.4) is 0 Å². The third-order valence-corrected chi connectivity index (χ3v) is 2.98. The van der Waals surface area contributed by atoms with Crippen molar-refractivity contribution in [1.82, 2.24) is 10.5 Å². The minimum atomic E-state index is -0.216. The zero-order valence-corrected chi connectivity index (χ0v) is 11.4. The summed E-state index contributed by atoms with van der Waals surface area (Å²) in [5.74, 6) is 0.727. The topological polar surface area (TPSA) is 55.1 Å². The number of nitrogens with zero attached hydrogens (tertiary/aromatic N) is 1. The fraction of sp³-hybridized carbons (Fsp3) is 0.333. The summed E-state index contributed by atoms with van der Waals surface area (Å²) in [6.07, 6.45) is 0. The van der Waals surface area contributed by atoms with E-state index in [9.17, 15) is 4.79 Å². The van der Waals surface area contributed by atoms with Gasteiger partial charge in [-0.1, -0.05) is 49.3 Å². The van der Waals surface area contributed by atoms with E-state index in [2.05, 4.69) is 10.5 Å². The average molecular weight is 258 g/mol. The van der Waals surface area contributed by atoms with Crippen molar-refractivity contribution < 1.29 is 9.32 Å². The molecule has 4 heteroatoms. The molecule has 0 radical (unpaired) electrons. The number of aromatic nitrogens is 1. The summed E-state index contributed by atoms with van der Waals surface area (Å²) in [6.45, 7) is 5.93. The van der Waals surface area contributed by atoms with Gasteiger partial charge in [-0.2, -0.15) is 0 Å². The van der Waals surface area contributed by atoms with Gasteiger partial charge >= 0.3 is 0 Å². The van der Waals surface area contributed by atoms with E-state index in [0.29, 0.717) is 5.69 Å². The summed E-state index contributed by atoms with van der Waals surface area (Å²) in [4.78, 5) is 12.0. The van der Waals surface area contributed by atoms with Crippen molar-refractivity contribution in [3.05, 3.63) is 53.4 Å². The number of hydrogen-bond acceptors (Lipinski definition) is 3. The first kappa shape index (κ1) is 13.3. The first-order chi connectivity index (χ1) is 9.08. The normalized spacial score (nSPS) is 12.4. The van der Waals surface area contributed by atoms with Gasteiger partial charge in [-0.25, -0.2) is 0 Å². The molecule has 100 valence electrons. The number of nitrogens with one attached hydrogen (secondary N) is 1. The molecule has 0 spiro atoms. The molecule has 0 aliphatic heterocycles. The Labute approximate surface area is 112 Å². The highest BCUT2D eigenvalue weighted by Crippen LogP contribution is 2.16. The van der Waals surface area contributed by atoms with Gasteiger partial charge in [-0.15, -0.1) is 0 Å². The highest BCUT2D eigenvalue weighted by molar-refractivity contribution is 5.92. The molecule has 0 aliphatic rings. The fourth-order valence-corrected chi connectivity index (χ4v) is 1.76. The van der Waals surface area contributed by atoms with E-state index >= 15 is 0 Å². The molecule has 1 aromatic heterocycles. The second-order valence-electron chi connectivity index (χ2n) is 4.88. The van der Waals surface area contributed by atoms with Gasteiger partial charge < -0.3 is 9.84 Å². The van der Waals surface area contributed by atoms with Crippen LogP contribution in [0.5, 0.6) is 0 Å². The largest absolute Gasteiger partial charge is 0.360 e. The number of amides is 1. The lowest BCUT2D eigenvalue weighted by molar-refractivity contribution is 0.0930. The van der Waals surface area contributed by atoms with Gasteiger partial charge in [0.2, 0.25) is 0 Å². The van der Waals surface area contributed by atoms with E-state index in [1.165, 1.54) is 0 Å². The molecule has 4 nitrogen and oxygen atoms in total. The Morgan fingerprint density at radius 2 is 1.89 bits per heavy atom. The van der Waals surface area contributed by atoms with Gasteiger partial charge in [0.15, 0.2) is 5.69 Å². The summed E-state index contributed by atoms with van der Waals surface area (Å²) in [5, 5.41) is 6.70. The minimum absolute atomic E-state index is 0.0621. The summed E-state index contributed by atoms with van der Waals surface area (Å²) in [5.41, 5.74) is 1.38. The first-order valence-corrected chi connectivity index (χ1v) is 6.40. The molecule has 1 atom stereocenters. The van der Waals surface area contributed by atoms with Crippen molar-refractivity contribution in [3.63, 3.8) is 0 Å². The Hall–Kier alpha value is -2.10. The van der Waals surface area contributed by atoms with Crippen LogP contribution >= 0.6 is 0 Å². The standard InChI is InChI=1S/C15H18N2O2/c1-10(2)14-9-13(17-19-14)15(18)16-11(3)12-7-5-4-6-8-12/h4-11H,1-3H3,(H,16,18)/t11-/m1/s1. The first-order valence-electron chi connectivity index (χ1n) is 6.40. The van der Waals surface area contributed by atoms with Crippen LogP contribution in [0.4, 0.5) is 0 Å². The zero-order valence-electron chi connectivity index (χ0n) is 11.4. The molecule has 19 heavy (non-hydrogen) atoms. The molecular weight excluding hydrogens is 240 g/mol. The third-order valence-electron chi connectivity index (χ3n) is 2.98. The summed E-state index contributed by atoms with van der Waals surface area (Å²) < 4.78 is 5.12. The summed E-state index contributed by atoms with van der Waals surface area (Å²) >= 11 is 0. The Balaban J connectivity index is 2.04. The van der Waals surface area contributed by atoms with Crippen molar-refractivity contribution in [2.75, 3.05) is 0 Å². The predicted molar refractivity (Wildman–Crippen MR) is 72.9 cm³/mol. The van der Waals surface area contributed by atoms with Crippen LogP contribution in [0.1, 0.15) is 54.5 Å². The molecule has 0 aliphatic carbocycles. The molecular formula is C15H18N2O2. The molecule has 1 N–H and O–H groups in total. The lowest BCUT2D eigenvalue weighted by Crippen LogP contribution is -2.26. The van der Waals surface area contributed by atoms with Crippen molar-refractivity contribution >= 4 is 5.91 Å². The maximum Gasteiger partial charge on any atom is 0.273 e. The number of carbonyl (C=O) groups is 1. The molecule has 2 rings (SSSR count). The van der Waals surface area contributed by atoms with E-state index in [-0.39, 0.29) is 17.9 Å². The number of benzene rings is 1. The number of carbonyl (C=O) groups excluding carboxylic acids is 1. The molecule has 0 saturated heterocycles. The van der Waals surface area contributed by atoms with E-state index in [1.54, 1.807) is 6.07 Å². The van der Waals surface area contributed by atoms with E-state index in [0.717, 1.165) is 11.3 Å². The Kier molecular flexibility index (Phi) is 4.00. The number of hydrogen-bond donors (Lipinski definition) is 1. The van der Waals surface area contributed by atoms with Crippen LogP contribution in [0.2, 0.25) is 0 Å². The minimum Gasteiger partial charge on any atom is -0.360 e. The molecule has 2 aromatic rings. The van der Waals surface area contributed by atoms with Crippen molar-refractivity contribution in [2.45, 2.75) is 32.7 Å². The van der Waals surface area contributed by atoms with Gasteiger partial charge in [0.1, 0.15) is 5.76 Å². The van der Waals surface area contributed by atoms with Gasteiger partial charge in [0.05, 0.1) is 6.04 Å². The molecule has 1 heterocycles. The van der Waals surface area contributed by atoms with Gasteiger partial charge in [0, 0.05) is 12.0 Å². The molecule has 0 unspecified atom stereocenters. The molecule has 0 saturated carbocycles. The Morgan fingerprint density at radius 1 is 1.21 bits per heavy atom. The van der Waals surface area contributed by atoms with Gasteiger partial charge in [0.25, 0.3) is 5.91 Å². The van der Waals surface area contributed by atoms with E-state index in [4.69, 9.17) is 4.52 Å². The van der Waals surface area contributed by atoms with Crippen molar-refractivity contribution in [2.24, 2.45) is 0 Å². The van der Waals surface area contributed by atoms with Gasteiger partial charge in [-0.3, -0.25) is 4.79 Å². The second-order valence-corrected chi connectivity index (χ2v) is 4.88. The molecule has 0 bridgehead atoms. The second kappa shape index (κ2) is 5.69. The lowest BCUT2D eigenvalue weighted by Gasteiger charge is -2.12. The third kappa shape index (κ3) is 3.22. The highest BCUT2D eigenvalue weighted by atomic mass is 16.5. The molecule has 1 amide bonds. The van der Waals surface area contributed by atoms with E-state index in [1.807, 2.05) is 51.1 Å². The fourth-order valence-electron chi connectivity index (χ4n) is 1.76. The average Bonchev–Trinajstić information content (AvgIpc) is 2.89. The maximum absolute atomic E-state index is 12.0. The van der Waals surface area contributed by atoms with Crippen LogP contribution in [0.25, 0.3) is 0 Å². The molecule has 0 fully saturated rings. The highest BCUT2D eigenvalue weighted by Gasteiger charge is 2.16. The van der Waals surface area contributed by atoms with Crippen LogP contribution in [-0.2, 0) is 0 Å². The predicted octanol–water partition coefficient (Wildman–Crippen LogP) is 3.29. The van der Waals surface area contributed by atoms with Crippen LogP contribution < -0.4 is 5.32 Å². The van der Waals surface area contributed by atoms with Crippen LogP contribution in [-0.4, -0.2) is 11.1 Å². The maximum atomic E-state index is 12.0. The van der Waals surface area contributed by atoms with Crippen molar-refractivity contribution in [1.29, 1.82) is 0 Å². The van der Waals surface area contributed by atoms with E-state index < -0.39 is 0 Å². The summed E-state index contributed by atoms with van der Waals surface area (Å²) in [7, 11) is 0. The lowest BCUT2D eigenvalue weighted by atomic mass is 10.1. The SMILES string of the molecule is CC(C)c1cc(C(=O)N[C@H](C)c2ccccc2)no1. The monoisotopic (exact) mass is 258 g/mol. The Morgan fingerprint density at radius 3 is 2.47 bits per heavy atom. The quantitative estimate of drug-likeness (QED) is 0.915. The smallest absolute Gasteiger partial charge is 0.273 e. The Bertz CT molecular complexity index is 546. The number of rotatable bonds is 4.